The van der Waals surface area contributed by atoms with Gasteiger partial charge in [-0.3, -0.25) is 19.2 Å². The number of hydrogen-bond acceptors (Lipinski definition) is 7. The maximum absolute atomic E-state index is 13.0. The molecule has 192 valence electrons. The second kappa shape index (κ2) is 13.7. The zero-order valence-electron chi connectivity index (χ0n) is 19.6. The van der Waals surface area contributed by atoms with E-state index in [1.807, 2.05) is 24.3 Å². The van der Waals surface area contributed by atoms with Gasteiger partial charge in [0, 0.05) is 29.3 Å². The third kappa shape index (κ3) is 8.26. The van der Waals surface area contributed by atoms with E-state index in [0.29, 0.717) is 19.4 Å². The van der Waals surface area contributed by atoms with Gasteiger partial charge in [-0.1, -0.05) is 24.6 Å². The molecule has 9 N–H and O–H groups in total. The fourth-order valence-electron chi connectivity index (χ4n) is 3.49. The van der Waals surface area contributed by atoms with Gasteiger partial charge >= 0.3 is 5.97 Å². The monoisotopic (exact) mass is 506 g/mol. The minimum absolute atomic E-state index is 0.0277. The summed E-state index contributed by atoms with van der Waals surface area (Å²) in [5.41, 5.74) is 13.0. The molecular weight excluding hydrogens is 472 g/mol. The van der Waals surface area contributed by atoms with Crippen molar-refractivity contribution in [1.82, 2.24) is 20.9 Å². The second-order valence-corrected chi connectivity index (χ2v) is 8.69. The average molecular weight is 507 g/mol. The van der Waals surface area contributed by atoms with Crippen LogP contribution in [0.25, 0.3) is 10.9 Å². The molecule has 0 saturated carbocycles. The number of nitrogens with two attached hydrogens (primary N) is 2. The number of rotatable bonds is 14. The summed E-state index contributed by atoms with van der Waals surface area (Å²) in [6.07, 6.45) is 3.66. The number of benzene rings is 1. The number of H-pyrrole nitrogens is 1. The number of amides is 3. The van der Waals surface area contributed by atoms with Gasteiger partial charge in [-0.05, 0) is 37.9 Å². The molecule has 0 fully saturated rings. The van der Waals surface area contributed by atoms with Crippen molar-refractivity contribution in [2.45, 2.75) is 56.8 Å². The van der Waals surface area contributed by atoms with Crippen molar-refractivity contribution in [2.24, 2.45) is 11.5 Å². The first-order valence-electron chi connectivity index (χ1n) is 11.4. The number of thiol groups is 1. The average Bonchev–Trinajstić information content (AvgIpc) is 3.24. The standard InChI is InChI=1S/C23H34N6O5S/c1-13(23(33)34)27-21(31)18(10-14-11-26-17-8-3-2-6-15(14)17)28-22(32)19(12-35)29-20(30)16(25)7-4-5-9-24/h2-3,6,8,11,13,16,18-19,26,35H,4-5,7,9-10,12,24-25H2,1H3,(H,27,31)(H,28,32)(H,29,30)(H,33,34). The third-order valence-electron chi connectivity index (χ3n) is 5.58. The summed E-state index contributed by atoms with van der Waals surface area (Å²) < 4.78 is 0. The Morgan fingerprint density at radius 2 is 1.69 bits per heavy atom. The van der Waals surface area contributed by atoms with E-state index >= 15 is 0 Å². The number of carboxylic acid groups (broad SMARTS) is 1. The number of carbonyl (C=O) groups excluding carboxylic acids is 3. The Hall–Kier alpha value is -3.09. The normalized spacial score (nSPS) is 14.5. The first kappa shape index (κ1) is 28.1. The summed E-state index contributed by atoms with van der Waals surface area (Å²) in [4.78, 5) is 52.6. The van der Waals surface area contributed by atoms with E-state index in [4.69, 9.17) is 16.6 Å². The van der Waals surface area contributed by atoms with Crippen molar-refractivity contribution < 1.29 is 24.3 Å². The number of para-hydroxylation sites is 1. The molecular formula is C23H34N6O5S. The topological polar surface area (TPSA) is 192 Å². The number of fused-ring (bicyclic) bond motifs is 1. The first-order valence-corrected chi connectivity index (χ1v) is 12.1. The van der Waals surface area contributed by atoms with Crippen LogP contribution in [0.5, 0.6) is 0 Å². The van der Waals surface area contributed by atoms with Crippen LogP contribution in [0.1, 0.15) is 31.7 Å². The highest BCUT2D eigenvalue weighted by Crippen LogP contribution is 2.19. The van der Waals surface area contributed by atoms with Gasteiger partial charge in [0.1, 0.15) is 18.1 Å². The van der Waals surface area contributed by atoms with Crippen LogP contribution < -0.4 is 27.4 Å². The molecule has 4 unspecified atom stereocenters. The van der Waals surface area contributed by atoms with Gasteiger partial charge in [0.05, 0.1) is 6.04 Å². The van der Waals surface area contributed by atoms with E-state index in [1.54, 1.807) is 6.20 Å². The predicted molar refractivity (Wildman–Crippen MR) is 136 cm³/mol. The zero-order valence-corrected chi connectivity index (χ0v) is 20.5. The largest absolute Gasteiger partial charge is 0.480 e. The van der Waals surface area contributed by atoms with Gasteiger partial charge < -0.3 is 37.5 Å². The molecule has 12 heteroatoms. The molecule has 0 radical (unpaired) electrons. The Morgan fingerprint density at radius 3 is 2.34 bits per heavy atom. The van der Waals surface area contributed by atoms with E-state index < -0.39 is 47.9 Å². The molecule has 1 heterocycles. The van der Waals surface area contributed by atoms with Crippen LogP contribution in [0.15, 0.2) is 30.5 Å². The number of aromatic nitrogens is 1. The van der Waals surface area contributed by atoms with Crippen LogP contribution >= 0.6 is 12.6 Å². The SMILES string of the molecule is CC(NC(=O)C(Cc1c[nH]c2ccccc12)NC(=O)C(CS)NC(=O)C(N)CCCCN)C(=O)O. The van der Waals surface area contributed by atoms with E-state index in [-0.39, 0.29) is 12.2 Å². The molecule has 0 aliphatic carbocycles. The van der Waals surface area contributed by atoms with Crippen LogP contribution in [0, 0.1) is 0 Å². The molecule has 1 aromatic heterocycles. The van der Waals surface area contributed by atoms with E-state index in [9.17, 15) is 19.2 Å². The van der Waals surface area contributed by atoms with Gasteiger partial charge in [0.2, 0.25) is 17.7 Å². The molecule has 0 aliphatic rings. The van der Waals surface area contributed by atoms with Crippen molar-refractivity contribution in [3.8, 4) is 0 Å². The molecule has 0 aliphatic heterocycles. The highest BCUT2D eigenvalue weighted by atomic mass is 32.1. The lowest BCUT2D eigenvalue weighted by Gasteiger charge is -2.24. The summed E-state index contributed by atoms with van der Waals surface area (Å²) in [5, 5.41) is 17.6. The quantitative estimate of drug-likeness (QED) is 0.127. The number of aromatic amines is 1. The van der Waals surface area contributed by atoms with Crippen LogP contribution in [0.4, 0.5) is 0 Å². The Balaban J connectivity index is 2.15. The number of carbonyl (C=O) groups is 4. The van der Waals surface area contributed by atoms with Gasteiger partial charge in [0.25, 0.3) is 0 Å². The van der Waals surface area contributed by atoms with Crippen molar-refractivity contribution in [2.75, 3.05) is 12.3 Å². The summed E-state index contributed by atoms with van der Waals surface area (Å²) in [6, 6.07) is 3.37. The molecule has 0 spiro atoms. The molecule has 35 heavy (non-hydrogen) atoms. The molecule has 4 atom stereocenters. The van der Waals surface area contributed by atoms with Crippen molar-refractivity contribution in [1.29, 1.82) is 0 Å². The summed E-state index contributed by atoms with van der Waals surface area (Å²) in [6.45, 7) is 1.82. The Kier molecular flexibility index (Phi) is 11.0. The number of unbranched alkanes of at least 4 members (excludes halogenated alkanes) is 1. The predicted octanol–water partition coefficient (Wildman–Crippen LogP) is -0.345. The van der Waals surface area contributed by atoms with Gasteiger partial charge in [0.15, 0.2) is 0 Å². The Bertz CT molecular complexity index is 1030. The Morgan fingerprint density at radius 1 is 1.03 bits per heavy atom. The first-order chi connectivity index (χ1) is 16.7. The lowest BCUT2D eigenvalue weighted by Crippen LogP contribution is -2.57. The minimum atomic E-state index is -1.21. The zero-order chi connectivity index (χ0) is 26.0. The lowest BCUT2D eigenvalue weighted by atomic mass is 10.0. The number of hydrogen-bond donors (Lipinski definition) is 8. The molecule has 3 amide bonds. The Labute approximate surface area is 209 Å². The van der Waals surface area contributed by atoms with Crippen molar-refractivity contribution in [3.63, 3.8) is 0 Å². The molecule has 1 aromatic carbocycles. The number of carboxylic acids is 1. The summed E-state index contributed by atoms with van der Waals surface area (Å²) in [7, 11) is 0. The van der Waals surface area contributed by atoms with E-state index in [2.05, 4.69) is 33.6 Å². The fraction of sp³-hybridized carbons (Fsp3) is 0.478. The highest BCUT2D eigenvalue weighted by molar-refractivity contribution is 7.80. The highest BCUT2D eigenvalue weighted by Gasteiger charge is 2.29. The van der Waals surface area contributed by atoms with Crippen LogP contribution in [0.2, 0.25) is 0 Å². The second-order valence-electron chi connectivity index (χ2n) is 8.33. The smallest absolute Gasteiger partial charge is 0.325 e. The van der Waals surface area contributed by atoms with Crippen LogP contribution in [0.3, 0.4) is 0 Å². The number of aliphatic carboxylic acids is 1. The fourth-order valence-corrected chi connectivity index (χ4v) is 3.75. The molecule has 0 bridgehead atoms. The summed E-state index contributed by atoms with van der Waals surface area (Å²) >= 11 is 4.16. The van der Waals surface area contributed by atoms with Gasteiger partial charge in [-0.25, -0.2) is 0 Å². The third-order valence-corrected chi connectivity index (χ3v) is 5.95. The minimum Gasteiger partial charge on any atom is -0.480 e. The van der Waals surface area contributed by atoms with E-state index in [1.165, 1.54) is 6.92 Å². The van der Waals surface area contributed by atoms with Gasteiger partial charge in [-0.2, -0.15) is 12.6 Å². The van der Waals surface area contributed by atoms with Gasteiger partial charge in [-0.15, -0.1) is 0 Å². The van der Waals surface area contributed by atoms with Crippen LogP contribution in [-0.4, -0.2) is 70.2 Å². The van der Waals surface area contributed by atoms with Crippen molar-refractivity contribution >= 4 is 47.2 Å². The maximum atomic E-state index is 13.0. The molecule has 2 aromatic rings. The number of nitrogens with one attached hydrogen (secondary N) is 4. The van der Waals surface area contributed by atoms with E-state index in [0.717, 1.165) is 22.9 Å². The van der Waals surface area contributed by atoms with Crippen LogP contribution in [-0.2, 0) is 25.6 Å². The molecule has 11 nitrogen and oxygen atoms in total. The molecule has 2 rings (SSSR count). The maximum Gasteiger partial charge on any atom is 0.325 e. The summed E-state index contributed by atoms with van der Waals surface area (Å²) in [5.74, 6) is -3.04. The lowest BCUT2D eigenvalue weighted by molar-refractivity contribution is -0.141. The molecule has 0 saturated heterocycles. The van der Waals surface area contributed by atoms with Crippen molar-refractivity contribution in [3.05, 3.63) is 36.0 Å².